The summed E-state index contributed by atoms with van der Waals surface area (Å²) in [5.41, 5.74) is 11.9. The summed E-state index contributed by atoms with van der Waals surface area (Å²) in [6.07, 6.45) is 9.22. The first-order valence-electron chi connectivity index (χ1n) is 30.4. The summed E-state index contributed by atoms with van der Waals surface area (Å²) in [5.74, 6) is -0.117. The van der Waals surface area contributed by atoms with Crippen LogP contribution in [0.15, 0.2) is 170 Å². The number of likely N-dealkylation sites (tertiary alicyclic amines) is 2. The number of aryl methyl sites for hydroxylation is 1. The fourth-order valence-electron chi connectivity index (χ4n) is 10.5. The molecule has 5 heterocycles. The monoisotopic (exact) mass is 1220 g/mol. The van der Waals surface area contributed by atoms with E-state index < -0.39 is 11.8 Å². The Kier molecular flexibility index (Phi) is 22.0. The van der Waals surface area contributed by atoms with E-state index in [0.29, 0.717) is 95.1 Å². The molecule has 18 nitrogen and oxygen atoms in total. The van der Waals surface area contributed by atoms with Gasteiger partial charge in [-0.1, -0.05) is 48.5 Å². The van der Waals surface area contributed by atoms with Crippen LogP contribution in [0.5, 0.6) is 11.8 Å². The highest BCUT2D eigenvalue weighted by molar-refractivity contribution is 6.04. The van der Waals surface area contributed by atoms with Crippen LogP contribution in [0.25, 0.3) is 22.3 Å². The third kappa shape index (κ3) is 17.8. The van der Waals surface area contributed by atoms with Crippen LogP contribution in [0.2, 0.25) is 0 Å². The third-order valence-corrected chi connectivity index (χ3v) is 15.9. The van der Waals surface area contributed by atoms with Gasteiger partial charge < -0.3 is 54.8 Å². The largest absolute Gasteiger partial charge is 0.474 e. The minimum atomic E-state index is -0.545. The van der Waals surface area contributed by atoms with Crippen molar-refractivity contribution in [3.05, 3.63) is 198 Å². The van der Waals surface area contributed by atoms with Gasteiger partial charge in [0.25, 0.3) is 11.8 Å². The Hall–Kier alpha value is -10.0. The third-order valence-electron chi connectivity index (χ3n) is 15.9. The highest BCUT2D eigenvalue weighted by atomic mass is 19.1. The van der Waals surface area contributed by atoms with Gasteiger partial charge in [-0.3, -0.25) is 14.4 Å². The van der Waals surface area contributed by atoms with Crippen LogP contribution < -0.4 is 45.0 Å². The van der Waals surface area contributed by atoms with Gasteiger partial charge in [0, 0.05) is 186 Å². The van der Waals surface area contributed by atoms with Crippen LogP contribution in [0.1, 0.15) is 64.1 Å². The van der Waals surface area contributed by atoms with Crippen molar-refractivity contribution in [2.75, 3.05) is 119 Å². The van der Waals surface area contributed by atoms with E-state index in [0.717, 1.165) is 56.1 Å². The maximum atomic E-state index is 14.2. The molecule has 0 unspecified atom stereocenters. The fourth-order valence-corrected chi connectivity index (χ4v) is 10.5. The molecule has 2 aliphatic rings. The Morgan fingerprint density at radius 3 is 1.40 bits per heavy atom. The van der Waals surface area contributed by atoms with Crippen LogP contribution in [0, 0.1) is 5.82 Å². The van der Waals surface area contributed by atoms with Gasteiger partial charge in [-0.25, -0.2) is 24.1 Å². The first-order valence-corrected chi connectivity index (χ1v) is 30.4. The number of hydrogen-bond donors (Lipinski definition) is 3. The molecule has 0 aliphatic carbocycles. The molecule has 0 atom stereocenters. The summed E-state index contributed by atoms with van der Waals surface area (Å²) < 4.78 is 26.5. The molecule has 2 fully saturated rings. The summed E-state index contributed by atoms with van der Waals surface area (Å²) in [7, 11) is 16.0. The number of nitrogens with one attached hydrogen (secondary N) is 3. The lowest BCUT2D eigenvalue weighted by atomic mass is 10.0. The van der Waals surface area contributed by atoms with E-state index in [1.165, 1.54) is 18.2 Å². The van der Waals surface area contributed by atoms with Crippen molar-refractivity contribution in [2.24, 2.45) is 0 Å². The van der Waals surface area contributed by atoms with Crippen molar-refractivity contribution >= 4 is 57.9 Å². The number of amides is 5. The van der Waals surface area contributed by atoms with Gasteiger partial charge in [0.2, 0.25) is 17.7 Å². The number of carbonyl (C=O) groups excluding carboxylic acids is 4. The Labute approximate surface area is 527 Å². The standard InChI is InChI=1S/C36H41FN6O3.C35H40N6O3/c1-41(2)29-11-5-25(6-12-29)17-20-38-36(45)40-33-15-10-28(37)23-32(33)35(44)43-21-18-31(19-22-43)46-34-16-9-27(24-39-34)26-7-13-30(14-8-26)42(3)4;1-39(2)28-13-7-25(8-14-28)9-17-32(42)38-31-6-5-21-36-34(31)35(43)41-22-19-30(20-23-41)44-33-18-12-27(24-37-33)26-10-15-29(16-11-26)40(3)4/h5-16,23-24,31H,17-22H2,1-4H3,(H2,38,40,45);5-8,10-16,18,21,24,30H,9,17,19-20,22-23H2,1-4H3,(H,38,42). The second-order valence-corrected chi connectivity index (χ2v) is 23.3. The molecule has 19 heteroatoms. The lowest BCUT2D eigenvalue weighted by Gasteiger charge is -2.32. The van der Waals surface area contributed by atoms with Gasteiger partial charge in [-0.05, 0) is 126 Å². The molecule has 2 saturated heterocycles. The minimum absolute atomic E-state index is 0.0357. The SMILES string of the molecule is CN(C)c1ccc(CCC(=O)Nc2cccnc2C(=O)N2CCC(Oc3ccc(-c4ccc(N(C)C)cc4)cn3)CC2)cc1.CN(C)c1ccc(CCNC(=O)Nc2ccc(F)cc2C(=O)N2CCC(Oc3ccc(-c4ccc(N(C)C)cc4)cn3)CC2)cc1. The lowest BCUT2D eigenvalue weighted by molar-refractivity contribution is -0.116. The summed E-state index contributed by atoms with van der Waals surface area (Å²) in [4.78, 5) is 77.3. The summed E-state index contributed by atoms with van der Waals surface area (Å²) in [6.45, 7) is 2.36. The number of benzene rings is 5. The van der Waals surface area contributed by atoms with Crippen molar-refractivity contribution in [1.82, 2.24) is 30.1 Å². The van der Waals surface area contributed by atoms with Crippen molar-refractivity contribution in [2.45, 2.75) is 57.2 Å². The molecule has 0 bridgehead atoms. The average Bonchev–Trinajstić information content (AvgIpc) is 1.59. The molecule has 10 rings (SSSR count). The van der Waals surface area contributed by atoms with E-state index in [-0.39, 0.29) is 46.9 Å². The van der Waals surface area contributed by atoms with E-state index in [9.17, 15) is 23.6 Å². The first-order chi connectivity index (χ1) is 43.4. The minimum Gasteiger partial charge on any atom is -0.474 e. The van der Waals surface area contributed by atoms with E-state index in [1.807, 2.05) is 145 Å². The Morgan fingerprint density at radius 2 is 0.944 bits per heavy atom. The van der Waals surface area contributed by atoms with Crippen molar-refractivity contribution in [3.8, 4) is 34.0 Å². The molecule has 3 aromatic heterocycles. The molecule has 5 amide bonds. The number of ether oxygens (including phenoxy) is 2. The number of hydrogen-bond acceptors (Lipinski definition) is 13. The average molecular weight is 1220 g/mol. The molecular formula is C71H81FN12O6. The summed E-state index contributed by atoms with van der Waals surface area (Å²) in [6, 6.07) is 47.5. The highest BCUT2D eigenvalue weighted by Crippen LogP contribution is 2.29. The van der Waals surface area contributed by atoms with Crippen molar-refractivity contribution in [1.29, 1.82) is 0 Å². The van der Waals surface area contributed by atoms with E-state index >= 15 is 0 Å². The second kappa shape index (κ2) is 30.7. The van der Waals surface area contributed by atoms with Gasteiger partial charge in [0.05, 0.1) is 16.9 Å². The normalized spacial score (nSPS) is 13.3. The first kappa shape index (κ1) is 64.4. The van der Waals surface area contributed by atoms with E-state index in [1.54, 1.807) is 34.3 Å². The fraction of sp³-hybridized carbons (Fsp3) is 0.310. The van der Waals surface area contributed by atoms with Crippen LogP contribution in [-0.4, -0.2) is 150 Å². The number of pyridine rings is 3. The number of urea groups is 1. The number of piperidine rings is 2. The number of nitrogens with zero attached hydrogens (tertiary/aromatic N) is 9. The zero-order valence-corrected chi connectivity index (χ0v) is 52.7. The zero-order chi connectivity index (χ0) is 63.7. The van der Waals surface area contributed by atoms with Crippen LogP contribution in [-0.2, 0) is 17.6 Å². The van der Waals surface area contributed by atoms with Crippen LogP contribution >= 0.6 is 0 Å². The molecule has 3 N–H and O–H groups in total. The number of halogens is 1. The number of aromatic nitrogens is 3. The Morgan fingerprint density at radius 1 is 0.500 bits per heavy atom. The lowest BCUT2D eigenvalue weighted by Crippen LogP contribution is -2.42. The molecule has 0 spiro atoms. The number of rotatable bonds is 20. The highest BCUT2D eigenvalue weighted by Gasteiger charge is 2.29. The molecule has 90 heavy (non-hydrogen) atoms. The molecule has 468 valence electrons. The molecule has 0 saturated carbocycles. The van der Waals surface area contributed by atoms with Gasteiger partial charge in [0.1, 0.15) is 18.0 Å². The summed E-state index contributed by atoms with van der Waals surface area (Å²) in [5, 5.41) is 8.45. The van der Waals surface area contributed by atoms with E-state index in [4.69, 9.17) is 9.47 Å². The molecule has 0 radical (unpaired) electrons. The maximum Gasteiger partial charge on any atom is 0.319 e. The van der Waals surface area contributed by atoms with Gasteiger partial charge in [-0.2, -0.15) is 0 Å². The Balaban J connectivity index is 0.000000214. The molecular weight excluding hydrogens is 1140 g/mol. The molecule has 2 aliphatic heterocycles. The van der Waals surface area contributed by atoms with Crippen LogP contribution in [0.4, 0.5) is 43.3 Å². The Bertz CT molecular complexity index is 3650. The van der Waals surface area contributed by atoms with E-state index in [2.05, 4.69) is 89.2 Å². The topological polar surface area (TPSA) is 181 Å². The van der Waals surface area contributed by atoms with Crippen LogP contribution in [0.3, 0.4) is 0 Å². The maximum absolute atomic E-state index is 14.2. The predicted molar refractivity (Wildman–Crippen MR) is 357 cm³/mol. The van der Waals surface area contributed by atoms with Gasteiger partial charge in [-0.15, -0.1) is 0 Å². The zero-order valence-electron chi connectivity index (χ0n) is 52.7. The summed E-state index contributed by atoms with van der Waals surface area (Å²) >= 11 is 0. The van der Waals surface area contributed by atoms with Gasteiger partial charge >= 0.3 is 6.03 Å². The number of carbonyl (C=O) groups is 4. The van der Waals surface area contributed by atoms with Gasteiger partial charge in [0.15, 0.2) is 5.69 Å². The number of anilines is 6. The second-order valence-electron chi connectivity index (χ2n) is 23.3. The smallest absolute Gasteiger partial charge is 0.319 e. The predicted octanol–water partition coefficient (Wildman–Crippen LogP) is 11.6. The van der Waals surface area contributed by atoms with Crippen molar-refractivity contribution in [3.63, 3.8) is 0 Å². The quantitative estimate of drug-likeness (QED) is 0.0656. The van der Waals surface area contributed by atoms with Crippen molar-refractivity contribution < 1.29 is 33.0 Å². The molecule has 8 aromatic rings. The molecule has 5 aromatic carbocycles.